The van der Waals surface area contributed by atoms with E-state index in [9.17, 15) is 25.2 Å². The summed E-state index contributed by atoms with van der Waals surface area (Å²) in [7, 11) is 0. The van der Waals surface area contributed by atoms with E-state index >= 15 is 0 Å². The molecule has 14 nitrogen and oxygen atoms in total. The third-order valence-corrected chi connectivity index (χ3v) is 15.5. The second-order valence-corrected chi connectivity index (χ2v) is 21.6. The van der Waals surface area contributed by atoms with Crippen LogP contribution in [0.4, 0.5) is 0 Å². The zero-order valence-corrected chi connectivity index (χ0v) is 41.1. The van der Waals surface area contributed by atoms with Gasteiger partial charge in [-0.3, -0.25) is 0 Å². The number of hydrogen-bond acceptors (Lipinski definition) is 14. The van der Waals surface area contributed by atoms with Crippen molar-refractivity contribution in [2.45, 2.75) is 228 Å². The summed E-state index contributed by atoms with van der Waals surface area (Å²) >= 11 is 0. The Morgan fingerprint density at radius 3 is 2.52 bits per heavy atom. The van der Waals surface area contributed by atoms with Gasteiger partial charge in [0.25, 0.3) is 0 Å². The van der Waals surface area contributed by atoms with E-state index in [1.165, 1.54) is 6.92 Å². The lowest BCUT2D eigenvalue weighted by atomic mass is 9.79. The number of aliphatic hydroxyl groups excluding tert-OH is 4. The van der Waals surface area contributed by atoms with E-state index in [-0.39, 0.29) is 49.8 Å². The number of carbonyl (C=O) groups excluding carboxylic acids is 1. The quantitative estimate of drug-likeness (QED) is 0.0789. The van der Waals surface area contributed by atoms with E-state index in [4.69, 9.17) is 43.0 Å². The summed E-state index contributed by atoms with van der Waals surface area (Å²) in [6.45, 7) is 20.7. The molecule has 0 bridgehead atoms. The van der Waals surface area contributed by atoms with E-state index in [2.05, 4.69) is 40.0 Å². The number of rotatable bonds is 16. The van der Waals surface area contributed by atoms with Gasteiger partial charge in [-0.15, -0.1) is 0 Å². The topological polar surface area (TPSA) is 192 Å². The number of hydrogen-bond donors (Lipinski definition) is 5. The van der Waals surface area contributed by atoms with Crippen LogP contribution in [0.5, 0.6) is 0 Å². The lowest BCUT2D eigenvalue weighted by Gasteiger charge is -2.50. The molecule has 7 rings (SSSR count). The molecule has 0 aromatic rings. The first-order valence-corrected chi connectivity index (χ1v) is 25.4. The van der Waals surface area contributed by atoms with Crippen LogP contribution in [0.3, 0.4) is 0 Å². The molecule has 3 spiro atoms. The van der Waals surface area contributed by atoms with Crippen molar-refractivity contribution >= 4 is 5.97 Å². The van der Waals surface area contributed by atoms with Crippen LogP contribution in [0.15, 0.2) is 59.8 Å². The number of esters is 1. The van der Waals surface area contributed by atoms with Gasteiger partial charge in [0.2, 0.25) is 5.79 Å². The highest BCUT2D eigenvalue weighted by molar-refractivity contribution is 5.78. The van der Waals surface area contributed by atoms with Gasteiger partial charge in [-0.25, -0.2) is 4.79 Å². The molecule has 14 heteroatoms. The molecule has 7 aliphatic rings. The maximum Gasteiger partial charge on any atom is 0.338 e. The molecule has 5 unspecified atom stereocenters. The zero-order chi connectivity index (χ0) is 48.3. The molecule has 7 heterocycles. The van der Waals surface area contributed by atoms with Crippen molar-refractivity contribution < 1.29 is 68.2 Å². The predicted octanol–water partition coefficient (Wildman–Crippen LogP) is 6.95. The van der Waals surface area contributed by atoms with Gasteiger partial charge in [0.05, 0.1) is 43.2 Å². The number of carbonyl (C=O) groups is 1. The Hall–Kier alpha value is -2.31. The summed E-state index contributed by atoms with van der Waals surface area (Å²) in [4.78, 5) is 13.1. The Kier molecular flexibility index (Phi) is 17.2. The van der Waals surface area contributed by atoms with Gasteiger partial charge in [-0.1, -0.05) is 63.3 Å². The zero-order valence-electron chi connectivity index (χ0n) is 41.1. The van der Waals surface area contributed by atoms with Gasteiger partial charge in [-0.2, -0.15) is 0 Å². The molecule has 0 amide bonds. The first-order valence-electron chi connectivity index (χ1n) is 25.4. The third-order valence-electron chi connectivity index (χ3n) is 15.5. The predicted molar refractivity (Wildman–Crippen MR) is 250 cm³/mol. The van der Waals surface area contributed by atoms with Crippen molar-refractivity contribution in [3.63, 3.8) is 0 Å². The molecule has 6 fully saturated rings. The molecule has 5 N–H and O–H groups in total. The fourth-order valence-electron chi connectivity index (χ4n) is 11.7. The Balaban J connectivity index is 0.892. The molecular weight excluding hydrogens is 861 g/mol. The number of allylic oxidation sites excluding steroid dienone is 1. The first-order chi connectivity index (χ1) is 31.8. The summed E-state index contributed by atoms with van der Waals surface area (Å²) in [6.07, 6.45) is 12.4. The van der Waals surface area contributed by atoms with Crippen molar-refractivity contribution in [3.05, 3.63) is 59.8 Å². The van der Waals surface area contributed by atoms with E-state index in [1.54, 1.807) is 0 Å². The van der Waals surface area contributed by atoms with E-state index in [0.29, 0.717) is 74.9 Å². The van der Waals surface area contributed by atoms with Crippen LogP contribution in [-0.4, -0.2) is 135 Å². The second kappa shape index (κ2) is 22.0. The van der Waals surface area contributed by atoms with Gasteiger partial charge >= 0.3 is 5.97 Å². The molecule has 0 radical (unpaired) electrons. The van der Waals surface area contributed by atoms with Gasteiger partial charge in [-0.05, 0) is 120 Å². The molecule has 0 saturated carbocycles. The Bertz CT molecular complexity index is 1820. The van der Waals surface area contributed by atoms with Crippen molar-refractivity contribution in [1.29, 1.82) is 0 Å². The maximum atomic E-state index is 13.1. The summed E-state index contributed by atoms with van der Waals surface area (Å²) in [5.74, 6) is -3.33. The van der Waals surface area contributed by atoms with E-state index < -0.39 is 71.7 Å². The third kappa shape index (κ3) is 12.4. The number of ether oxygens (including phenoxy) is 8. The Morgan fingerprint density at radius 1 is 1.01 bits per heavy atom. The van der Waals surface area contributed by atoms with Gasteiger partial charge in [0, 0.05) is 44.6 Å². The van der Waals surface area contributed by atoms with Crippen molar-refractivity contribution in [3.8, 4) is 0 Å². The van der Waals surface area contributed by atoms with Gasteiger partial charge in [0.15, 0.2) is 17.2 Å². The number of fused-ring (bicyclic) bond motifs is 1. The van der Waals surface area contributed by atoms with Crippen LogP contribution in [0, 0.1) is 17.8 Å². The average molecular weight is 943 g/mol. The molecule has 378 valence electrons. The van der Waals surface area contributed by atoms with Crippen molar-refractivity contribution in [2.75, 3.05) is 19.8 Å². The minimum Gasteiger partial charge on any atom is -0.459 e. The fraction of sp³-hybridized carbons (Fsp3) is 0.792. The Morgan fingerprint density at radius 2 is 1.78 bits per heavy atom. The molecule has 6 saturated heterocycles. The molecule has 7 aliphatic heterocycles. The molecule has 0 aromatic carbocycles. The summed E-state index contributed by atoms with van der Waals surface area (Å²) in [5, 5.41) is 54.9. The van der Waals surface area contributed by atoms with Gasteiger partial charge in [0.1, 0.15) is 31.0 Å². The minimum absolute atomic E-state index is 0.0407. The lowest BCUT2D eigenvalue weighted by Crippen LogP contribution is -2.60. The molecule has 0 aliphatic carbocycles. The van der Waals surface area contributed by atoms with Crippen LogP contribution in [0.2, 0.25) is 0 Å². The van der Waals surface area contributed by atoms with Crippen molar-refractivity contribution in [2.24, 2.45) is 17.8 Å². The second-order valence-electron chi connectivity index (χ2n) is 21.6. The monoisotopic (exact) mass is 943 g/mol. The normalized spacial score (nSPS) is 40.6. The lowest BCUT2D eigenvalue weighted by molar-refractivity contribution is -0.321. The smallest absolute Gasteiger partial charge is 0.338 e. The van der Waals surface area contributed by atoms with E-state index in [1.807, 2.05) is 32.1 Å². The summed E-state index contributed by atoms with van der Waals surface area (Å²) in [6, 6.07) is 0. The largest absolute Gasteiger partial charge is 0.459 e. The minimum atomic E-state index is -1.85. The van der Waals surface area contributed by atoms with Crippen LogP contribution in [0.1, 0.15) is 144 Å². The fourth-order valence-corrected chi connectivity index (χ4v) is 11.7. The first kappa shape index (κ1) is 52.5. The highest BCUT2D eigenvalue weighted by Crippen LogP contribution is 2.47. The molecule has 0 aromatic heterocycles. The molecular formula is C53H82O14. The number of aliphatic hydroxyl groups is 5. The van der Waals surface area contributed by atoms with Crippen LogP contribution < -0.4 is 0 Å². The van der Waals surface area contributed by atoms with Crippen molar-refractivity contribution in [1.82, 2.24) is 0 Å². The standard InChI is InChI=1S/C53H82O14/c1-32(12-11-24-54)26-34(3)31-60-49(58)50(8,59)30-40-15-16-44(56)53(64-40)29-33(2)27-43(65-53)35(4)13-14-39-18-22-52(63-39)23-19-42-48(67-52)45(57)38(7)47(62-42)41(55)28-37(6)46-36(5)17-21-51(66-46)20-9-10-25-61-51/h12-14,29,35-37,39-48,54-57,59H,3,7,9-11,15-28,30-31H2,1-2,4-6,8H3/b14-13+,32-12+/t35-,36-,37+,39+,40+,41+,42?,43+,44-,45-,46?,47+,48?,50-,51+,52?,53?/m1/s1. The van der Waals surface area contributed by atoms with E-state index in [0.717, 1.165) is 56.3 Å². The average Bonchev–Trinajstić information content (AvgIpc) is 3.68. The van der Waals surface area contributed by atoms with Crippen LogP contribution >= 0.6 is 0 Å². The molecule has 17 atom stereocenters. The summed E-state index contributed by atoms with van der Waals surface area (Å²) in [5.41, 5.74) is 1.25. The van der Waals surface area contributed by atoms with Gasteiger partial charge < -0.3 is 63.4 Å². The summed E-state index contributed by atoms with van der Waals surface area (Å²) < 4.78 is 51.2. The van der Waals surface area contributed by atoms with Crippen LogP contribution in [0.25, 0.3) is 0 Å². The van der Waals surface area contributed by atoms with Crippen LogP contribution in [-0.2, 0) is 42.7 Å². The molecule has 67 heavy (non-hydrogen) atoms. The highest BCUT2D eigenvalue weighted by Gasteiger charge is 2.55. The highest BCUT2D eigenvalue weighted by atomic mass is 16.7. The Labute approximate surface area is 398 Å². The maximum absolute atomic E-state index is 13.1. The SMILES string of the molecule is C=C(COC(=O)[C@](C)(O)C[C@@H]1CC[C@@H](O)C2(C=C(C)C[C@@H]([C@H](C)/C=C/[C@H]3CCC4(CCC5O[C@H]([C@@H](O)C[C@H](C)C6O[C@@]7(CCCCO7)CC[C@H]6C)C(=C)[C@@H](O)C5O4)O3)O2)O1)C/C(C)=C/CCO.